The van der Waals surface area contributed by atoms with Gasteiger partial charge in [0.15, 0.2) is 0 Å². The zero-order valence-electron chi connectivity index (χ0n) is 15.7. The van der Waals surface area contributed by atoms with E-state index in [4.69, 9.17) is 4.74 Å². The van der Waals surface area contributed by atoms with Crippen molar-refractivity contribution >= 4 is 11.7 Å². The lowest BCUT2D eigenvalue weighted by atomic mass is 9.87. The molecule has 0 N–H and O–H groups in total. The Hall–Kier alpha value is -1.55. The van der Waals surface area contributed by atoms with Crippen LogP contribution in [0, 0.1) is 0 Å². The van der Waals surface area contributed by atoms with E-state index in [2.05, 4.69) is 54.8 Å². The molecular formula is C20H32N2O2. The highest BCUT2D eigenvalue weighted by molar-refractivity contribution is 5.69. The van der Waals surface area contributed by atoms with Crippen molar-refractivity contribution in [1.29, 1.82) is 0 Å². The highest BCUT2D eigenvalue weighted by Gasteiger charge is 2.18. The van der Waals surface area contributed by atoms with Crippen LogP contribution in [-0.2, 0) is 14.9 Å². The molecule has 0 radical (unpaired) electrons. The van der Waals surface area contributed by atoms with Crippen LogP contribution < -0.4 is 4.90 Å². The van der Waals surface area contributed by atoms with Gasteiger partial charge in [-0.15, -0.1) is 0 Å². The second-order valence-corrected chi connectivity index (χ2v) is 7.53. The van der Waals surface area contributed by atoms with Crippen LogP contribution >= 0.6 is 0 Å². The highest BCUT2D eigenvalue weighted by Crippen LogP contribution is 2.25. The smallest absolute Gasteiger partial charge is 0.305 e. The molecule has 1 fully saturated rings. The number of hydrogen-bond donors (Lipinski definition) is 0. The predicted octanol–water partition coefficient (Wildman–Crippen LogP) is 3.45. The van der Waals surface area contributed by atoms with Crippen LogP contribution in [0.4, 0.5) is 5.69 Å². The number of hydrogen-bond acceptors (Lipinski definition) is 4. The van der Waals surface area contributed by atoms with Gasteiger partial charge in [-0.05, 0) is 43.0 Å². The van der Waals surface area contributed by atoms with Crippen molar-refractivity contribution in [2.24, 2.45) is 0 Å². The molecule has 0 atom stereocenters. The molecule has 0 aromatic heterocycles. The molecule has 134 valence electrons. The Morgan fingerprint density at radius 3 is 2.25 bits per heavy atom. The molecular weight excluding hydrogens is 300 g/mol. The number of piperazine rings is 1. The quantitative estimate of drug-likeness (QED) is 0.747. The topological polar surface area (TPSA) is 32.8 Å². The summed E-state index contributed by atoms with van der Waals surface area (Å²) in [5.74, 6) is -0.0740. The fraction of sp³-hybridized carbons (Fsp3) is 0.650. The molecule has 24 heavy (non-hydrogen) atoms. The Balaban J connectivity index is 1.75. The minimum absolute atomic E-state index is 0.0740. The van der Waals surface area contributed by atoms with Crippen molar-refractivity contribution in [3.05, 3.63) is 29.8 Å². The first kappa shape index (κ1) is 18.8. The maximum Gasteiger partial charge on any atom is 0.305 e. The Kier molecular flexibility index (Phi) is 6.67. The van der Waals surface area contributed by atoms with Gasteiger partial charge in [0, 0.05) is 38.3 Å². The van der Waals surface area contributed by atoms with Crippen LogP contribution in [0.3, 0.4) is 0 Å². The minimum Gasteiger partial charge on any atom is -0.466 e. The SMILES string of the molecule is CCOC(=O)CCCN1CCN(c2ccc(C(C)(C)C)cc2)CC1. The summed E-state index contributed by atoms with van der Waals surface area (Å²) in [5, 5.41) is 0. The standard InChI is InChI=1S/C20H32N2O2/c1-5-24-19(23)7-6-12-21-13-15-22(16-14-21)18-10-8-17(9-11-18)20(2,3)4/h8-11H,5-7,12-16H2,1-4H3. The Morgan fingerprint density at radius 2 is 1.71 bits per heavy atom. The maximum atomic E-state index is 11.4. The zero-order valence-corrected chi connectivity index (χ0v) is 15.7. The van der Waals surface area contributed by atoms with Crippen LogP contribution in [0.1, 0.15) is 46.1 Å². The first-order valence-corrected chi connectivity index (χ1v) is 9.13. The summed E-state index contributed by atoms with van der Waals surface area (Å²) in [7, 11) is 0. The van der Waals surface area contributed by atoms with Gasteiger partial charge >= 0.3 is 5.97 Å². The third-order valence-electron chi connectivity index (χ3n) is 4.63. The number of esters is 1. The molecule has 1 aromatic carbocycles. The zero-order chi connectivity index (χ0) is 17.6. The summed E-state index contributed by atoms with van der Waals surface area (Å²) in [5.41, 5.74) is 2.90. The van der Waals surface area contributed by atoms with E-state index in [-0.39, 0.29) is 11.4 Å². The number of nitrogens with zero attached hydrogens (tertiary/aromatic N) is 2. The van der Waals surface area contributed by atoms with E-state index in [1.807, 2.05) is 6.92 Å². The molecule has 0 amide bonds. The first-order chi connectivity index (χ1) is 11.4. The lowest BCUT2D eigenvalue weighted by molar-refractivity contribution is -0.143. The predicted molar refractivity (Wildman–Crippen MR) is 99.7 cm³/mol. The van der Waals surface area contributed by atoms with Gasteiger partial charge in [0.1, 0.15) is 0 Å². The van der Waals surface area contributed by atoms with E-state index >= 15 is 0 Å². The summed E-state index contributed by atoms with van der Waals surface area (Å²) in [4.78, 5) is 16.3. The lowest BCUT2D eigenvalue weighted by Gasteiger charge is -2.36. The van der Waals surface area contributed by atoms with Crippen LogP contribution in [0.2, 0.25) is 0 Å². The molecule has 0 bridgehead atoms. The minimum atomic E-state index is -0.0740. The number of carbonyl (C=O) groups excluding carboxylic acids is 1. The summed E-state index contributed by atoms with van der Waals surface area (Å²) in [6.45, 7) is 14.3. The van der Waals surface area contributed by atoms with Crippen molar-refractivity contribution in [3.63, 3.8) is 0 Å². The van der Waals surface area contributed by atoms with Crippen molar-refractivity contribution in [2.75, 3.05) is 44.2 Å². The van der Waals surface area contributed by atoms with E-state index in [9.17, 15) is 4.79 Å². The monoisotopic (exact) mass is 332 g/mol. The third-order valence-corrected chi connectivity index (χ3v) is 4.63. The molecule has 1 aromatic rings. The molecule has 0 aliphatic carbocycles. The molecule has 4 heteroatoms. The molecule has 1 aliphatic rings. The van der Waals surface area contributed by atoms with Crippen LogP contribution in [0.25, 0.3) is 0 Å². The molecule has 1 saturated heterocycles. The average Bonchev–Trinajstić information content (AvgIpc) is 2.55. The second kappa shape index (κ2) is 8.52. The molecule has 1 heterocycles. The van der Waals surface area contributed by atoms with Crippen LogP contribution in [-0.4, -0.2) is 50.2 Å². The van der Waals surface area contributed by atoms with Crippen LogP contribution in [0.5, 0.6) is 0 Å². The molecule has 1 aliphatic heterocycles. The van der Waals surface area contributed by atoms with Gasteiger partial charge in [-0.25, -0.2) is 0 Å². The summed E-state index contributed by atoms with van der Waals surface area (Å²) < 4.78 is 4.97. The summed E-state index contributed by atoms with van der Waals surface area (Å²) in [6, 6.07) is 9.00. The first-order valence-electron chi connectivity index (χ1n) is 9.13. The van der Waals surface area contributed by atoms with Gasteiger partial charge in [0.25, 0.3) is 0 Å². The number of anilines is 1. The molecule has 2 rings (SSSR count). The van der Waals surface area contributed by atoms with Gasteiger partial charge in [-0.3, -0.25) is 9.69 Å². The van der Waals surface area contributed by atoms with Crippen LogP contribution in [0.15, 0.2) is 24.3 Å². The molecule has 0 saturated carbocycles. The third kappa shape index (κ3) is 5.52. The van der Waals surface area contributed by atoms with E-state index in [1.165, 1.54) is 11.3 Å². The average molecular weight is 332 g/mol. The van der Waals surface area contributed by atoms with Gasteiger partial charge in [0.05, 0.1) is 6.61 Å². The number of ether oxygens (including phenoxy) is 1. The number of rotatable bonds is 6. The fourth-order valence-electron chi connectivity index (χ4n) is 3.08. The second-order valence-electron chi connectivity index (χ2n) is 7.53. The van der Waals surface area contributed by atoms with Crippen molar-refractivity contribution < 1.29 is 9.53 Å². The lowest BCUT2D eigenvalue weighted by Crippen LogP contribution is -2.46. The largest absolute Gasteiger partial charge is 0.466 e. The van der Waals surface area contributed by atoms with Gasteiger partial charge < -0.3 is 9.64 Å². The van der Waals surface area contributed by atoms with Gasteiger partial charge in [-0.2, -0.15) is 0 Å². The Morgan fingerprint density at radius 1 is 1.08 bits per heavy atom. The van der Waals surface area contributed by atoms with E-state index in [1.54, 1.807) is 0 Å². The Bertz CT molecular complexity index is 511. The Labute approximate surface area is 146 Å². The molecule has 0 unspecified atom stereocenters. The molecule has 4 nitrogen and oxygen atoms in total. The van der Waals surface area contributed by atoms with Gasteiger partial charge in [-0.1, -0.05) is 32.9 Å². The van der Waals surface area contributed by atoms with E-state index < -0.39 is 0 Å². The van der Waals surface area contributed by atoms with Crippen molar-refractivity contribution in [3.8, 4) is 0 Å². The molecule has 0 spiro atoms. The fourth-order valence-corrected chi connectivity index (χ4v) is 3.08. The van der Waals surface area contributed by atoms with Gasteiger partial charge in [0.2, 0.25) is 0 Å². The number of benzene rings is 1. The van der Waals surface area contributed by atoms with Crippen molar-refractivity contribution in [1.82, 2.24) is 4.90 Å². The normalized spacial score (nSPS) is 16.2. The van der Waals surface area contributed by atoms with E-state index in [0.29, 0.717) is 13.0 Å². The highest BCUT2D eigenvalue weighted by atomic mass is 16.5. The van der Waals surface area contributed by atoms with Crippen molar-refractivity contribution in [2.45, 2.75) is 46.0 Å². The summed E-state index contributed by atoms with van der Waals surface area (Å²) in [6.07, 6.45) is 1.42. The van der Waals surface area contributed by atoms with E-state index in [0.717, 1.165) is 39.1 Å². The maximum absolute atomic E-state index is 11.4. The number of carbonyl (C=O) groups is 1. The summed E-state index contributed by atoms with van der Waals surface area (Å²) >= 11 is 0.